The zero-order chi connectivity index (χ0) is 49.0. The van der Waals surface area contributed by atoms with E-state index in [-0.39, 0.29) is 6.42 Å². The third-order valence-electron chi connectivity index (χ3n) is 10.4. The molecule has 0 bridgehead atoms. The van der Waals surface area contributed by atoms with E-state index < -0.39 is 158 Å². The van der Waals surface area contributed by atoms with Crippen LogP contribution in [0.2, 0.25) is 0 Å². The molecule has 0 radical (unpaired) electrons. The van der Waals surface area contributed by atoms with Gasteiger partial charge in [-0.2, -0.15) is 0 Å². The molecule has 15 atom stereocenters. The molecule has 1 aliphatic heterocycles. The molecule has 0 aliphatic carbocycles. The molecule has 1 heterocycles. The summed E-state index contributed by atoms with van der Waals surface area (Å²) in [6.45, 7) is 5.86. The molecule has 0 saturated carbocycles. The van der Waals surface area contributed by atoms with E-state index in [1.54, 1.807) is 20.9 Å². The van der Waals surface area contributed by atoms with Gasteiger partial charge in [-0.15, -0.1) is 0 Å². The van der Waals surface area contributed by atoms with Crippen molar-refractivity contribution in [3.8, 4) is 0 Å². The molecule has 7 amide bonds. The molecular formula is C38H69N9O17. The van der Waals surface area contributed by atoms with Crippen LogP contribution in [0.25, 0.3) is 0 Å². The molecule has 0 spiro atoms. The summed E-state index contributed by atoms with van der Waals surface area (Å²) in [6, 6.07) is -11.3. The van der Waals surface area contributed by atoms with Gasteiger partial charge in [0.25, 0.3) is 0 Å². The summed E-state index contributed by atoms with van der Waals surface area (Å²) in [5.41, 5.74) is 6.12. The van der Waals surface area contributed by atoms with Crippen molar-refractivity contribution in [3.05, 3.63) is 0 Å². The van der Waals surface area contributed by atoms with Gasteiger partial charge in [-0.1, -0.05) is 20.3 Å². The average molecular weight is 924 g/mol. The summed E-state index contributed by atoms with van der Waals surface area (Å²) in [4.78, 5) is 103. The van der Waals surface area contributed by atoms with Crippen molar-refractivity contribution in [2.24, 2.45) is 11.7 Å². The number of carboxylic acids is 1. The second kappa shape index (κ2) is 28.3. The Kier molecular flexibility index (Phi) is 25.4. The van der Waals surface area contributed by atoms with E-state index in [9.17, 15) is 69.0 Å². The number of aliphatic carboxylic acids is 1. The van der Waals surface area contributed by atoms with E-state index in [4.69, 9.17) is 20.3 Å². The van der Waals surface area contributed by atoms with Gasteiger partial charge in [0, 0.05) is 6.92 Å². The van der Waals surface area contributed by atoms with Crippen LogP contribution in [0.3, 0.4) is 0 Å². The first-order valence-corrected chi connectivity index (χ1v) is 20.9. The van der Waals surface area contributed by atoms with Gasteiger partial charge in [-0.3, -0.25) is 38.4 Å². The second-order valence-electron chi connectivity index (χ2n) is 15.6. The predicted octanol–water partition coefficient (Wildman–Crippen LogP) is -7.52. The molecule has 1 saturated heterocycles. The number of nitrogens with one attached hydrogen (secondary N) is 8. The Morgan fingerprint density at radius 2 is 1.27 bits per heavy atom. The fraction of sp³-hybridized carbons (Fsp3) is 0.789. The van der Waals surface area contributed by atoms with E-state index in [1.807, 2.05) is 0 Å². The Balaban J connectivity index is 3.37. The van der Waals surface area contributed by atoms with E-state index in [0.717, 1.165) is 20.8 Å². The van der Waals surface area contributed by atoms with Crippen molar-refractivity contribution >= 4 is 47.3 Å². The SMILES string of the molecule is CC[C@H](C)C(N)C(=O)NC(C(=O)NC(C(=O)NC(CO)C(=O)NC(C(=O)N[C@@H](CCCCNC)C(=O)NCC(=O)O)[C@@H](C)O)[C@@H](C)O)[C@@H](C)O[C@H]1OC(CO)[C@H](O)C(O)C1NC(C)=O. The zero-order valence-electron chi connectivity index (χ0n) is 37.1. The van der Waals surface area contributed by atoms with Gasteiger partial charge in [-0.05, 0) is 59.5 Å². The zero-order valence-corrected chi connectivity index (χ0v) is 37.1. The highest BCUT2D eigenvalue weighted by Crippen LogP contribution is 2.24. The maximum absolute atomic E-state index is 14.0. The van der Waals surface area contributed by atoms with Crippen LogP contribution in [0.15, 0.2) is 0 Å². The quantitative estimate of drug-likeness (QED) is 0.0324. The monoisotopic (exact) mass is 923 g/mol. The van der Waals surface area contributed by atoms with Crippen LogP contribution in [0, 0.1) is 5.92 Å². The summed E-state index contributed by atoms with van der Waals surface area (Å²) < 4.78 is 11.5. The van der Waals surface area contributed by atoms with Crippen molar-refractivity contribution < 1.29 is 83.6 Å². The van der Waals surface area contributed by atoms with Gasteiger partial charge in [0.15, 0.2) is 6.29 Å². The van der Waals surface area contributed by atoms with Crippen molar-refractivity contribution in [1.29, 1.82) is 0 Å². The molecule has 26 heteroatoms. The molecule has 1 rings (SSSR count). The van der Waals surface area contributed by atoms with Crippen LogP contribution in [0.5, 0.6) is 0 Å². The highest BCUT2D eigenvalue weighted by Gasteiger charge is 2.47. The summed E-state index contributed by atoms with van der Waals surface area (Å²) in [5.74, 6) is -8.93. The van der Waals surface area contributed by atoms with Crippen molar-refractivity contribution in [2.45, 2.75) is 152 Å². The molecule has 17 N–H and O–H groups in total. The first kappa shape index (κ1) is 57.4. The Morgan fingerprint density at radius 3 is 1.75 bits per heavy atom. The van der Waals surface area contributed by atoms with Gasteiger partial charge in [0.2, 0.25) is 41.4 Å². The van der Waals surface area contributed by atoms with Gasteiger partial charge in [0.1, 0.15) is 61.1 Å². The molecule has 0 aromatic heterocycles. The van der Waals surface area contributed by atoms with Crippen LogP contribution in [-0.4, -0.2) is 202 Å². The van der Waals surface area contributed by atoms with E-state index >= 15 is 0 Å². The Hall–Kier alpha value is -4.64. The number of ether oxygens (including phenoxy) is 2. The molecule has 8 unspecified atom stereocenters. The largest absolute Gasteiger partial charge is 0.480 e. The fourth-order valence-corrected chi connectivity index (χ4v) is 6.26. The molecule has 26 nitrogen and oxygen atoms in total. The number of amides is 7. The van der Waals surface area contributed by atoms with E-state index in [0.29, 0.717) is 25.8 Å². The standard InChI is InChI=1S/C38H69N9O17/c1-8-16(2)25(39)34(59)47-28(19(5)63-38-29(42-20(6)52)31(56)30(55)23(15-49)64-38)37(62)46-27(18(4)51)36(61)44-22(14-48)33(58)45-26(17(3)50)35(60)43-21(11-9-10-12-40-7)32(57)41-13-24(53)54/h16-19,21-23,25-31,38,40,48-51,55-56H,8-15,39H2,1-7H3,(H,41,57)(H,42,52)(H,43,60)(H,44,61)(H,45,58)(H,46,62)(H,47,59)(H,53,54)/t16-,17+,18+,19+,21-,22?,23?,25?,26?,27?,28?,29?,30-,31?,38-/m0/s1. The third kappa shape index (κ3) is 18.1. The lowest BCUT2D eigenvalue weighted by Crippen LogP contribution is -2.67. The summed E-state index contributed by atoms with van der Waals surface area (Å²) in [5, 5.41) is 89.9. The summed E-state index contributed by atoms with van der Waals surface area (Å²) >= 11 is 0. The van der Waals surface area contributed by atoms with Crippen LogP contribution in [-0.2, 0) is 47.8 Å². The van der Waals surface area contributed by atoms with Crippen molar-refractivity contribution in [2.75, 3.05) is 33.4 Å². The van der Waals surface area contributed by atoms with Gasteiger partial charge >= 0.3 is 5.97 Å². The second-order valence-corrected chi connectivity index (χ2v) is 15.6. The predicted molar refractivity (Wildman–Crippen MR) is 222 cm³/mol. The molecule has 0 aromatic rings. The number of rotatable bonds is 28. The average Bonchev–Trinajstić information content (AvgIpc) is 3.23. The van der Waals surface area contributed by atoms with E-state index in [1.165, 1.54) is 6.92 Å². The topological polar surface area (TPSA) is 419 Å². The molecule has 1 aliphatic rings. The van der Waals surface area contributed by atoms with Gasteiger partial charge in [-0.25, -0.2) is 0 Å². The van der Waals surface area contributed by atoms with Crippen LogP contribution in [0.1, 0.15) is 67.2 Å². The maximum atomic E-state index is 14.0. The summed E-state index contributed by atoms with van der Waals surface area (Å²) in [7, 11) is 1.70. The highest BCUT2D eigenvalue weighted by molar-refractivity contribution is 5.97. The smallest absolute Gasteiger partial charge is 0.322 e. The lowest BCUT2D eigenvalue weighted by Gasteiger charge is -2.43. The Labute approximate surface area is 370 Å². The minimum absolute atomic E-state index is 0.0463. The molecule has 1 fully saturated rings. The number of carboxylic acid groups (broad SMARTS) is 1. The fourth-order valence-electron chi connectivity index (χ4n) is 6.26. The minimum Gasteiger partial charge on any atom is -0.480 e. The minimum atomic E-state index is -1.93. The number of unbranched alkanes of at least 4 members (excludes halogenated alkanes) is 1. The van der Waals surface area contributed by atoms with Crippen molar-refractivity contribution in [3.63, 3.8) is 0 Å². The third-order valence-corrected chi connectivity index (χ3v) is 10.4. The van der Waals surface area contributed by atoms with Crippen LogP contribution >= 0.6 is 0 Å². The number of hydrogen-bond donors (Lipinski definition) is 16. The van der Waals surface area contributed by atoms with Crippen LogP contribution < -0.4 is 48.3 Å². The van der Waals surface area contributed by atoms with Crippen molar-refractivity contribution in [1.82, 2.24) is 42.5 Å². The number of aliphatic hydroxyl groups is 6. The number of aliphatic hydroxyl groups excluding tert-OH is 6. The van der Waals surface area contributed by atoms with Crippen LogP contribution in [0.4, 0.5) is 0 Å². The Morgan fingerprint density at radius 1 is 0.734 bits per heavy atom. The van der Waals surface area contributed by atoms with E-state index in [2.05, 4.69) is 42.5 Å². The van der Waals surface area contributed by atoms with Gasteiger partial charge in [0.05, 0.1) is 37.6 Å². The molecule has 64 heavy (non-hydrogen) atoms. The highest BCUT2D eigenvalue weighted by atomic mass is 16.7. The molecule has 368 valence electrons. The molecule has 0 aromatic carbocycles. The first-order chi connectivity index (χ1) is 29.9. The lowest BCUT2D eigenvalue weighted by molar-refractivity contribution is -0.281. The lowest BCUT2D eigenvalue weighted by atomic mass is 9.96. The summed E-state index contributed by atoms with van der Waals surface area (Å²) in [6.07, 6.45) is -9.88. The Bertz CT molecular complexity index is 1560. The molecular weight excluding hydrogens is 854 g/mol. The normalized spacial score (nSPS) is 23.2. The number of carbonyl (C=O) groups is 8. The van der Waals surface area contributed by atoms with Gasteiger partial charge < -0.3 is 93.5 Å². The number of nitrogens with two attached hydrogens (primary N) is 1. The first-order valence-electron chi connectivity index (χ1n) is 20.9. The maximum Gasteiger partial charge on any atom is 0.322 e. The number of carbonyl (C=O) groups excluding carboxylic acids is 7. The number of hydrogen-bond acceptors (Lipinski definition) is 18.